The predicted octanol–water partition coefficient (Wildman–Crippen LogP) is 5.11. The first kappa shape index (κ1) is 18.2. The van der Waals surface area contributed by atoms with Crippen molar-refractivity contribution in [2.75, 3.05) is 18.1 Å². The summed E-state index contributed by atoms with van der Waals surface area (Å²) in [5, 5.41) is 1.01. The lowest BCUT2D eigenvalue weighted by atomic mass is 10.2. The number of halogens is 2. The minimum absolute atomic E-state index is 0.148. The number of nitrogens with zero attached hydrogens (tertiary/aromatic N) is 2. The molecule has 132 valence electrons. The van der Waals surface area contributed by atoms with Gasteiger partial charge in [-0.05, 0) is 36.4 Å². The van der Waals surface area contributed by atoms with Gasteiger partial charge in [0.05, 0.1) is 17.1 Å². The van der Waals surface area contributed by atoms with E-state index >= 15 is 0 Å². The minimum atomic E-state index is -0.148. The predicted molar refractivity (Wildman–Crippen MR) is 104 cm³/mol. The fraction of sp³-hybridized carbons (Fsp3) is 0.100. The Morgan fingerprint density at radius 2 is 1.85 bits per heavy atom. The Hall–Kier alpha value is -2.56. The van der Waals surface area contributed by atoms with Crippen LogP contribution >= 0.6 is 23.2 Å². The van der Waals surface area contributed by atoms with Gasteiger partial charge in [-0.3, -0.25) is 9.78 Å². The average Bonchev–Trinajstić information content (AvgIpc) is 2.69. The number of rotatable bonds is 6. The van der Waals surface area contributed by atoms with Crippen LogP contribution in [0, 0.1) is 0 Å². The van der Waals surface area contributed by atoms with Gasteiger partial charge in [-0.15, -0.1) is 0 Å². The summed E-state index contributed by atoms with van der Waals surface area (Å²) in [7, 11) is 0. The van der Waals surface area contributed by atoms with Crippen LogP contribution in [-0.4, -0.2) is 24.0 Å². The summed E-state index contributed by atoms with van der Waals surface area (Å²) >= 11 is 12.1. The van der Waals surface area contributed by atoms with E-state index in [0.717, 1.165) is 5.69 Å². The number of hydrogen-bond donors (Lipinski definition) is 0. The third kappa shape index (κ3) is 4.54. The normalized spacial score (nSPS) is 10.4. The first-order chi connectivity index (χ1) is 12.6. The zero-order chi connectivity index (χ0) is 18.4. The van der Waals surface area contributed by atoms with Crippen molar-refractivity contribution in [1.29, 1.82) is 0 Å². The van der Waals surface area contributed by atoms with E-state index in [2.05, 4.69) is 4.98 Å². The smallest absolute Gasteiger partial charge is 0.259 e. The Morgan fingerprint density at radius 3 is 2.58 bits per heavy atom. The quantitative estimate of drug-likeness (QED) is 0.590. The van der Waals surface area contributed by atoms with Crippen LogP contribution < -0.4 is 9.64 Å². The molecule has 1 amide bonds. The maximum absolute atomic E-state index is 12.9. The molecule has 3 aromatic rings. The van der Waals surface area contributed by atoms with Gasteiger partial charge in [-0.1, -0.05) is 41.4 Å². The molecule has 0 aliphatic heterocycles. The summed E-state index contributed by atoms with van der Waals surface area (Å²) in [6.45, 7) is 0.613. The first-order valence-electron chi connectivity index (χ1n) is 8.00. The zero-order valence-corrected chi connectivity index (χ0v) is 15.3. The number of amides is 1. The summed E-state index contributed by atoms with van der Waals surface area (Å²) < 4.78 is 5.73. The number of ether oxygens (including phenoxy) is 1. The molecule has 0 saturated carbocycles. The lowest BCUT2D eigenvalue weighted by Crippen LogP contribution is -2.34. The second-order valence-electron chi connectivity index (χ2n) is 5.46. The Morgan fingerprint density at radius 1 is 1.04 bits per heavy atom. The van der Waals surface area contributed by atoms with Gasteiger partial charge < -0.3 is 9.64 Å². The third-order valence-electron chi connectivity index (χ3n) is 3.69. The monoisotopic (exact) mass is 386 g/mol. The number of pyridine rings is 1. The number of hydrogen-bond acceptors (Lipinski definition) is 3. The van der Waals surface area contributed by atoms with E-state index in [9.17, 15) is 4.79 Å². The number of aromatic nitrogens is 1. The number of carbonyl (C=O) groups is 1. The van der Waals surface area contributed by atoms with E-state index in [1.807, 2.05) is 30.3 Å². The molecule has 0 unspecified atom stereocenters. The topological polar surface area (TPSA) is 42.4 Å². The molecular weight excluding hydrogens is 371 g/mol. The molecule has 4 nitrogen and oxygen atoms in total. The van der Waals surface area contributed by atoms with E-state index in [4.69, 9.17) is 27.9 Å². The minimum Gasteiger partial charge on any atom is -0.490 e. The van der Waals surface area contributed by atoms with Crippen molar-refractivity contribution in [2.45, 2.75) is 0 Å². The zero-order valence-electron chi connectivity index (χ0n) is 13.8. The van der Waals surface area contributed by atoms with Crippen molar-refractivity contribution in [3.05, 3.63) is 88.7 Å². The molecular formula is C20H16Cl2N2O2. The van der Waals surface area contributed by atoms with Gasteiger partial charge in [0.15, 0.2) is 0 Å². The van der Waals surface area contributed by atoms with Crippen LogP contribution in [0.1, 0.15) is 10.4 Å². The lowest BCUT2D eigenvalue weighted by molar-refractivity contribution is 0.0982. The van der Waals surface area contributed by atoms with Crippen LogP contribution in [0.5, 0.6) is 5.75 Å². The highest BCUT2D eigenvalue weighted by atomic mass is 35.5. The molecule has 0 bridgehead atoms. The van der Waals surface area contributed by atoms with Crippen LogP contribution in [-0.2, 0) is 0 Å². The maximum atomic E-state index is 12.9. The fourth-order valence-electron chi connectivity index (χ4n) is 2.44. The number of carbonyl (C=O) groups excluding carboxylic acids is 1. The van der Waals surface area contributed by atoms with Crippen molar-refractivity contribution in [3.8, 4) is 5.75 Å². The summed E-state index contributed by atoms with van der Waals surface area (Å²) in [5.74, 6) is 0.339. The highest BCUT2D eigenvalue weighted by Crippen LogP contribution is 2.27. The van der Waals surface area contributed by atoms with Crippen molar-refractivity contribution in [1.82, 2.24) is 4.98 Å². The van der Waals surface area contributed by atoms with Gasteiger partial charge in [-0.25, -0.2) is 0 Å². The highest BCUT2D eigenvalue weighted by molar-refractivity contribution is 6.34. The molecule has 0 atom stereocenters. The van der Waals surface area contributed by atoms with Crippen LogP contribution in [0.15, 0.2) is 73.1 Å². The van der Waals surface area contributed by atoms with Crippen molar-refractivity contribution < 1.29 is 9.53 Å². The highest BCUT2D eigenvalue weighted by Gasteiger charge is 2.18. The Balaban J connectivity index is 1.76. The van der Waals surface area contributed by atoms with Gasteiger partial charge in [0.2, 0.25) is 0 Å². The Labute approximate surface area is 162 Å². The molecule has 1 heterocycles. The van der Waals surface area contributed by atoms with Gasteiger partial charge in [-0.2, -0.15) is 0 Å². The molecule has 0 aliphatic rings. The SMILES string of the molecule is O=C(c1cccnc1)N(CCOc1cc(Cl)ccc1Cl)c1ccccc1. The van der Waals surface area contributed by atoms with E-state index in [1.165, 1.54) is 0 Å². The molecule has 1 aromatic heterocycles. The average molecular weight is 387 g/mol. The number of para-hydroxylation sites is 1. The third-order valence-corrected chi connectivity index (χ3v) is 4.23. The second-order valence-corrected chi connectivity index (χ2v) is 6.30. The maximum Gasteiger partial charge on any atom is 0.259 e. The van der Waals surface area contributed by atoms with E-state index in [-0.39, 0.29) is 12.5 Å². The Kier molecular flexibility index (Phi) is 6.10. The summed E-state index contributed by atoms with van der Waals surface area (Å²) in [6, 6.07) is 17.9. The number of benzene rings is 2. The second kappa shape index (κ2) is 8.70. The molecule has 3 rings (SSSR count). The van der Waals surface area contributed by atoms with E-state index in [1.54, 1.807) is 47.6 Å². The van der Waals surface area contributed by atoms with Gasteiger partial charge in [0.1, 0.15) is 12.4 Å². The largest absolute Gasteiger partial charge is 0.490 e. The molecule has 0 saturated heterocycles. The van der Waals surface area contributed by atoms with Crippen molar-refractivity contribution in [2.24, 2.45) is 0 Å². The molecule has 2 aromatic carbocycles. The molecule has 0 radical (unpaired) electrons. The van der Waals surface area contributed by atoms with Crippen LogP contribution in [0.2, 0.25) is 10.0 Å². The van der Waals surface area contributed by atoms with Gasteiger partial charge >= 0.3 is 0 Å². The molecule has 0 N–H and O–H groups in total. The van der Waals surface area contributed by atoms with Crippen LogP contribution in [0.3, 0.4) is 0 Å². The van der Waals surface area contributed by atoms with E-state index < -0.39 is 0 Å². The molecule has 6 heteroatoms. The molecule has 0 spiro atoms. The Bertz CT molecular complexity index is 873. The number of anilines is 1. The standard InChI is InChI=1S/C20H16Cl2N2O2/c21-16-8-9-18(22)19(13-16)26-12-11-24(17-6-2-1-3-7-17)20(25)15-5-4-10-23-14-15/h1-10,13-14H,11-12H2. The molecule has 0 fully saturated rings. The summed E-state index contributed by atoms with van der Waals surface area (Å²) in [5.41, 5.74) is 1.29. The van der Waals surface area contributed by atoms with Crippen LogP contribution in [0.4, 0.5) is 5.69 Å². The van der Waals surface area contributed by atoms with Gasteiger partial charge in [0, 0.05) is 29.2 Å². The summed E-state index contributed by atoms with van der Waals surface area (Å²) in [4.78, 5) is 18.6. The molecule has 26 heavy (non-hydrogen) atoms. The van der Waals surface area contributed by atoms with Gasteiger partial charge in [0.25, 0.3) is 5.91 Å². The fourth-order valence-corrected chi connectivity index (χ4v) is 2.77. The molecule has 0 aliphatic carbocycles. The van der Waals surface area contributed by atoms with E-state index in [0.29, 0.717) is 27.9 Å². The van der Waals surface area contributed by atoms with Crippen molar-refractivity contribution >= 4 is 34.8 Å². The first-order valence-corrected chi connectivity index (χ1v) is 8.75. The summed E-state index contributed by atoms with van der Waals surface area (Å²) in [6.07, 6.45) is 3.18. The van der Waals surface area contributed by atoms with Crippen LogP contribution in [0.25, 0.3) is 0 Å². The lowest BCUT2D eigenvalue weighted by Gasteiger charge is -2.23. The van der Waals surface area contributed by atoms with Crippen molar-refractivity contribution in [3.63, 3.8) is 0 Å².